The van der Waals surface area contributed by atoms with Crippen molar-refractivity contribution in [3.63, 3.8) is 0 Å². The third-order valence-electron chi connectivity index (χ3n) is 4.13. The van der Waals surface area contributed by atoms with E-state index in [4.69, 9.17) is 4.74 Å². The number of hydrogen-bond acceptors (Lipinski definition) is 4. The lowest BCUT2D eigenvalue weighted by atomic mass is 10.2. The van der Waals surface area contributed by atoms with Crippen molar-refractivity contribution in [3.8, 4) is 5.75 Å². The minimum absolute atomic E-state index is 0.251. The molecule has 0 saturated carbocycles. The zero-order chi connectivity index (χ0) is 17.4. The van der Waals surface area contributed by atoms with Gasteiger partial charge in [0.05, 0.1) is 19.0 Å². The molecule has 4 aromatic rings. The van der Waals surface area contributed by atoms with Crippen LogP contribution in [0.2, 0.25) is 0 Å². The second-order valence-electron chi connectivity index (χ2n) is 5.61. The highest BCUT2D eigenvalue weighted by Crippen LogP contribution is 2.17. The first-order chi connectivity index (χ1) is 12.2. The van der Waals surface area contributed by atoms with Crippen LogP contribution in [0.15, 0.2) is 54.2 Å². The molecule has 7 nitrogen and oxygen atoms in total. The number of aromatic nitrogens is 5. The Kier molecular flexibility index (Phi) is 3.53. The highest BCUT2D eigenvalue weighted by Gasteiger charge is 2.19. The Morgan fingerprint density at radius 2 is 2.12 bits per heavy atom. The van der Waals surface area contributed by atoms with Crippen LogP contribution in [-0.2, 0) is 6.54 Å². The topological polar surface area (TPSA) is 75.6 Å². The molecular weight excluding hydrogens is 318 g/mol. The van der Waals surface area contributed by atoms with Gasteiger partial charge in [-0.1, -0.05) is 24.8 Å². The second kappa shape index (κ2) is 5.86. The number of hydrogen-bond donors (Lipinski definition) is 0. The molecule has 3 aromatic heterocycles. The van der Waals surface area contributed by atoms with E-state index in [0.717, 1.165) is 22.3 Å². The van der Waals surface area contributed by atoms with E-state index in [2.05, 4.69) is 21.6 Å². The molecule has 0 unspecified atom stereocenters. The van der Waals surface area contributed by atoms with Gasteiger partial charge in [-0.05, 0) is 33.8 Å². The number of nitrogens with one attached hydrogen (secondary N) is 1. The molecule has 1 aromatic carbocycles. The number of fused-ring (bicyclic) bond motifs is 3. The van der Waals surface area contributed by atoms with Gasteiger partial charge < -0.3 is 4.74 Å². The van der Waals surface area contributed by atoms with Crippen molar-refractivity contribution in [2.24, 2.45) is 0 Å². The van der Waals surface area contributed by atoms with E-state index in [1.165, 1.54) is 10.8 Å². The zero-order valence-electron chi connectivity index (χ0n) is 13.6. The van der Waals surface area contributed by atoms with Crippen LogP contribution in [0.3, 0.4) is 0 Å². The van der Waals surface area contributed by atoms with Crippen molar-refractivity contribution in [3.05, 3.63) is 71.0 Å². The number of pyridine rings is 1. The Labute approximate surface area is 142 Å². The van der Waals surface area contributed by atoms with Crippen molar-refractivity contribution in [2.75, 3.05) is 7.11 Å². The lowest BCUT2D eigenvalue weighted by Gasteiger charge is -2.09. The minimum Gasteiger partial charge on any atom is -0.497 e. The van der Waals surface area contributed by atoms with Gasteiger partial charge in [-0.3, -0.25) is 4.57 Å². The van der Waals surface area contributed by atoms with E-state index in [1.807, 2.05) is 30.3 Å². The van der Waals surface area contributed by atoms with E-state index in [0.29, 0.717) is 17.8 Å². The largest absolute Gasteiger partial charge is 0.497 e. The Balaban J connectivity index is 1.95. The van der Waals surface area contributed by atoms with Gasteiger partial charge >= 0.3 is 5.69 Å². The van der Waals surface area contributed by atoms with Gasteiger partial charge in [0.15, 0.2) is 5.65 Å². The average molecular weight is 334 g/mol. The molecule has 0 spiro atoms. The summed E-state index contributed by atoms with van der Waals surface area (Å²) in [4.78, 5) is 20.3. The fraction of sp³-hybridized carbons (Fsp3) is 0.111. The summed E-state index contributed by atoms with van der Waals surface area (Å²) in [5, 5.41) is 4.92. The van der Waals surface area contributed by atoms with Gasteiger partial charge in [-0.15, -0.1) is 0 Å². The van der Waals surface area contributed by atoms with Crippen LogP contribution in [0.25, 0.3) is 22.8 Å². The standard InChI is InChI=1S/C18H15N5O2/c1-3-12-8-15-16(19-9-12)22(18(24)23-17(15)20-11-21-23)10-13-4-6-14(25-2)7-5-13/h3-9,11H,1,10H2,2H3/p+1. The molecule has 1 N–H and O–H groups in total. The Morgan fingerprint density at radius 1 is 1.32 bits per heavy atom. The van der Waals surface area contributed by atoms with Gasteiger partial charge in [0, 0.05) is 11.3 Å². The van der Waals surface area contributed by atoms with Gasteiger partial charge in [0.1, 0.15) is 5.75 Å². The number of aromatic amines is 1. The van der Waals surface area contributed by atoms with Gasteiger partial charge in [0.25, 0.3) is 12.0 Å². The van der Waals surface area contributed by atoms with E-state index in [1.54, 1.807) is 23.9 Å². The van der Waals surface area contributed by atoms with E-state index >= 15 is 0 Å². The quantitative estimate of drug-likeness (QED) is 0.567. The number of rotatable bonds is 4. The van der Waals surface area contributed by atoms with Gasteiger partial charge in [-0.25, -0.2) is 14.8 Å². The molecule has 0 aliphatic carbocycles. The molecule has 124 valence electrons. The maximum Gasteiger partial charge on any atom is 0.425 e. The molecule has 0 aliphatic rings. The zero-order valence-corrected chi connectivity index (χ0v) is 13.6. The lowest BCUT2D eigenvalue weighted by molar-refractivity contribution is -0.345. The fourth-order valence-electron chi connectivity index (χ4n) is 2.84. The van der Waals surface area contributed by atoms with Crippen molar-refractivity contribution in [1.82, 2.24) is 19.2 Å². The van der Waals surface area contributed by atoms with E-state index < -0.39 is 0 Å². The molecule has 0 amide bonds. The Morgan fingerprint density at radius 3 is 2.84 bits per heavy atom. The molecule has 4 rings (SSSR count). The SMILES string of the molecule is C=Cc1cnc2c(c1)c1[nH+]cnn1c(=O)n2Cc1ccc(OC)cc1. The lowest BCUT2D eigenvalue weighted by Crippen LogP contribution is -2.29. The smallest absolute Gasteiger partial charge is 0.425 e. The third kappa shape index (κ3) is 2.46. The monoisotopic (exact) mass is 334 g/mol. The number of H-pyrrole nitrogens is 1. The molecule has 3 heterocycles. The summed E-state index contributed by atoms with van der Waals surface area (Å²) in [6.07, 6.45) is 4.92. The molecule has 0 aliphatic heterocycles. The summed E-state index contributed by atoms with van der Waals surface area (Å²) < 4.78 is 8.13. The van der Waals surface area contributed by atoms with E-state index in [-0.39, 0.29) is 5.69 Å². The summed E-state index contributed by atoms with van der Waals surface area (Å²) in [6, 6.07) is 9.52. The highest BCUT2D eigenvalue weighted by atomic mass is 16.5. The van der Waals surface area contributed by atoms with E-state index in [9.17, 15) is 4.79 Å². The second-order valence-corrected chi connectivity index (χ2v) is 5.61. The molecule has 25 heavy (non-hydrogen) atoms. The van der Waals surface area contributed by atoms with Crippen molar-refractivity contribution < 1.29 is 9.72 Å². The fourth-order valence-corrected chi connectivity index (χ4v) is 2.84. The van der Waals surface area contributed by atoms with Crippen molar-refractivity contribution >= 4 is 22.8 Å². The van der Waals surface area contributed by atoms with Crippen LogP contribution in [0.4, 0.5) is 0 Å². The summed E-state index contributed by atoms with van der Waals surface area (Å²) in [7, 11) is 1.62. The predicted octanol–water partition coefficient (Wildman–Crippen LogP) is 1.56. The molecular formula is C18H16N5O2+. The Hall–Kier alpha value is -3.48. The summed E-state index contributed by atoms with van der Waals surface area (Å²) in [5.74, 6) is 0.770. The summed E-state index contributed by atoms with van der Waals surface area (Å²) in [5.41, 5.74) is 2.80. The first-order valence-electron chi connectivity index (χ1n) is 7.74. The highest BCUT2D eigenvalue weighted by molar-refractivity contribution is 5.88. The molecule has 0 fully saturated rings. The van der Waals surface area contributed by atoms with Crippen molar-refractivity contribution in [2.45, 2.75) is 6.54 Å². The van der Waals surface area contributed by atoms with Crippen LogP contribution in [0.5, 0.6) is 5.75 Å². The summed E-state index contributed by atoms with van der Waals surface area (Å²) in [6.45, 7) is 4.16. The van der Waals surface area contributed by atoms with Crippen LogP contribution in [0.1, 0.15) is 11.1 Å². The van der Waals surface area contributed by atoms with Crippen LogP contribution in [-0.4, -0.2) is 26.3 Å². The molecule has 0 bridgehead atoms. The van der Waals surface area contributed by atoms with Crippen molar-refractivity contribution in [1.29, 1.82) is 0 Å². The number of benzene rings is 1. The molecule has 0 saturated heterocycles. The summed E-state index contributed by atoms with van der Waals surface area (Å²) >= 11 is 0. The van der Waals surface area contributed by atoms with Gasteiger partial charge in [-0.2, -0.15) is 0 Å². The van der Waals surface area contributed by atoms with Crippen LogP contribution in [0, 0.1) is 0 Å². The number of ether oxygens (including phenoxy) is 1. The molecule has 7 heteroatoms. The molecule has 0 radical (unpaired) electrons. The number of methoxy groups -OCH3 is 1. The minimum atomic E-state index is -0.251. The maximum atomic E-state index is 12.8. The maximum absolute atomic E-state index is 12.8. The third-order valence-corrected chi connectivity index (χ3v) is 4.13. The first kappa shape index (κ1) is 15.1. The normalized spacial score (nSPS) is 11.1. The van der Waals surface area contributed by atoms with Crippen LogP contribution < -0.4 is 15.4 Å². The predicted molar refractivity (Wildman–Crippen MR) is 93.5 cm³/mol. The average Bonchev–Trinajstić information content (AvgIpc) is 3.15. The number of nitrogens with zero attached hydrogens (tertiary/aromatic N) is 4. The van der Waals surface area contributed by atoms with Gasteiger partial charge in [0.2, 0.25) is 0 Å². The molecule has 0 atom stereocenters. The Bertz CT molecular complexity index is 1140. The van der Waals surface area contributed by atoms with Crippen LogP contribution >= 0.6 is 0 Å². The first-order valence-corrected chi connectivity index (χ1v) is 7.74.